The van der Waals surface area contributed by atoms with E-state index in [4.69, 9.17) is 9.84 Å². The van der Waals surface area contributed by atoms with E-state index in [-0.39, 0.29) is 12.8 Å². The zero-order valence-corrected chi connectivity index (χ0v) is 11.9. The molecule has 0 aliphatic heterocycles. The van der Waals surface area contributed by atoms with Gasteiger partial charge in [0.25, 0.3) is 0 Å². The average Bonchev–Trinajstić information content (AvgIpc) is 2.38. The molecule has 0 unspecified atom stereocenters. The van der Waals surface area contributed by atoms with Gasteiger partial charge >= 0.3 is 11.9 Å². The molecule has 0 saturated carbocycles. The highest BCUT2D eigenvalue weighted by Gasteiger charge is 2.38. The number of benzene rings is 1. The third-order valence-electron chi connectivity index (χ3n) is 3.57. The van der Waals surface area contributed by atoms with E-state index >= 15 is 0 Å². The average molecular weight is 280 g/mol. The molecule has 5 nitrogen and oxygen atoms in total. The summed E-state index contributed by atoms with van der Waals surface area (Å²) in [6.07, 6.45) is 0.195. The zero-order chi connectivity index (χ0) is 15.3. The van der Waals surface area contributed by atoms with E-state index in [0.29, 0.717) is 5.75 Å². The van der Waals surface area contributed by atoms with Crippen molar-refractivity contribution in [3.05, 3.63) is 29.8 Å². The molecule has 0 fully saturated rings. The van der Waals surface area contributed by atoms with Gasteiger partial charge < -0.3 is 14.9 Å². The topological polar surface area (TPSA) is 83.8 Å². The van der Waals surface area contributed by atoms with Crippen LogP contribution < -0.4 is 4.74 Å². The molecule has 1 rings (SSSR count). The van der Waals surface area contributed by atoms with Gasteiger partial charge in [0.2, 0.25) is 0 Å². The second-order valence-electron chi connectivity index (χ2n) is 5.29. The fourth-order valence-corrected chi connectivity index (χ4v) is 2.22. The Hall–Kier alpha value is -2.04. The predicted octanol–water partition coefficient (Wildman–Crippen LogP) is 2.75. The Balaban J connectivity index is 3.14. The van der Waals surface area contributed by atoms with Crippen LogP contribution >= 0.6 is 0 Å². The van der Waals surface area contributed by atoms with Crippen molar-refractivity contribution in [1.29, 1.82) is 0 Å². The first-order valence-corrected chi connectivity index (χ1v) is 6.38. The molecule has 1 atom stereocenters. The lowest BCUT2D eigenvalue weighted by atomic mass is 9.72. The molecule has 0 aliphatic carbocycles. The van der Waals surface area contributed by atoms with Crippen molar-refractivity contribution in [3.63, 3.8) is 0 Å². The Labute approximate surface area is 118 Å². The van der Waals surface area contributed by atoms with Crippen molar-refractivity contribution >= 4 is 11.9 Å². The Bertz CT molecular complexity index is 493. The van der Waals surface area contributed by atoms with Crippen LogP contribution in [0.15, 0.2) is 24.3 Å². The fourth-order valence-electron chi connectivity index (χ4n) is 2.22. The van der Waals surface area contributed by atoms with Crippen LogP contribution in [0.1, 0.15) is 38.2 Å². The third kappa shape index (κ3) is 3.73. The van der Waals surface area contributed by atoms with Gasteiger partial charge in [0.1, 0.15) is 5.75 Å². The Morgan fingerprint density at radius 3 is 2.45 bits per heavy atom. The number of ether oxygens (including phenoxy) is 1. The second kappa shape index (κ2) is 6.41. The van der Waals surface area contributed by atoms with E-state index in [1.807, 2.05) is 0 Å². The first kappa shape index (κ1) is 16.0. The lowest BCUT2D eigenvalue weighted by molar-refractivity contribution is -0.149. The van der Waals surface area contributed by atoms with Gasteiger partial charge in [-0.15, -0.1) is 0 Å². The largest absolute Gasteiger partial charge is 0.497 e. The summed E-state index contributed by atoms with van der Waals surface area (Å²) in [5.41, 5.74) is -0.278. The molecule has 0 radical (unpaired) electrons. The van der Waals surface area contributed by atoms with Gasteiger partial charge in [0.05, 0.1) is 12.5 Å². The summed E-state index contributed by atoms with van der Waals surface area (Å²) in [4.78, 5) is 22.2. The smallest absolute Gasteiger partial charge is 0.309 e. The van der Waals surface area contributed by atoms with Crippen LogP contribution in [-0.2, 0) is 9.59 Å². The van der Waals surface area contributed by atoms with E-state index in [2.05, 4.69) is 0 Å². The van der Waals surface area contributed by atoms with Gasteiger partial charge in [0, 0.05) is 12.3 Å². The molecule has 5 heteroatoms. The zero-order valence-electron chi connectivity index (χ0n) is 11.9. The van der Waals surface area contributed by atoms with E-state index in [9.17, 15) is 14.7 Å². The highest BCUT2D eigenvalue weighted by molar-refractivity contribution is 5.75. The van der Waals surface area contributed by atoms with Crippen molar-refractivity contribution in [3.8, 4) is 5.75 Å². The Morgan fingerprint density at radius 2 is 1.95 bits per heavy atom. The van der Waals surface area contributed by atoms with E-state index in [1.165, 1.54) is 7.11 Å². The van der Waals surface area contributed by atoms with Gasteiger partial charge in [-0.25, -0.2) is 0 Å². The van der Waals surface area contributed by atoms with Crippen molar-refractivity contribution in [1.82, 2.24) is 0 Å². The first-order chi connectivity index (χ1) is 9.28. The maximum absolute atomic E-state index is 11.5. The minimum atomic E-state index is -1.05. The summed E-state index contributed by atoms with van der Waals surface area (Å²) in [5, 5.41) is 18.2. The molecular weight excluding hydrogens is 260 g/mol. The Morgan fingerprint density at radius 1 is 1.30 bits per heavy atom. The molecule has 0 aromatic heterocycles. The monoisotopic (exact) mass is 280 g/mol. The molecule has 0 heterocycles. The number of hydrogen-bond acceptors (Lipinski definition) is 3. The van der Waals surface area contributed by atoms with Crippen LogP contribution in [0, 0.1) is 5.41 Å². The van der Waals surface area contributed by atoms with Crippen molar-refractivity contribution < 1.29 is 24.5 Å². The number of carbonyl (C=O) groups is 2. The summed E-state index contributed by atoms with van der Waals surface area (Å²) in [6.45, 7) is 3.22. The molecule has 2 N–H and O–H groups in total. The van der Waals surface area contributed by atoms with Crippen LogP contribution in [0.5, 0.6) is 5.75 Å². The predicted molar refractivity (Wildman–Crippen MR) is 74.0 cm³/mol. The van der Waals surface area contributed by atoms with Crippen molar-refractivity contribution in [2.45, 2.75) is 32.6 Å². The van der Waals surface area contributed by atoms with Gasteiger partial charge in [-0.2, -0.15) is 0 Å². The SMILES string of the molecule is COc1cccc([C@H](CCC(=O)O)C(C)(C)C(=O)O)c1. The maximum atomic E-state index is 11.5. The molecule has 20 heavy (non-hydrogen) atoms. The maximum Gasteiger partial charge on any atom is 0.309 e. The van der Waals surface area contributed by atoms with Gasteiger partial charge in [-0.05, 0) is 38.0 Å². The van der Waals surface area contributed by atoms with Crippen LogP contribution in [-0.4, -0.2) is 29.3 Å². The number of rotatable bonds is 7. The second-order valence-corrected chi connectivity index (χ2v) is 5.29. The summed E-state index contributed by atoms with van der Waals surface area (Å²) < 4.78 is 5.14. The number of methoxy groups -OCH3 is 1. The summed E-state index contributed by atoms with van der Waals surface area (Å²) in [5.74, 6) is -1.65. The van der Waals surface area contributed by atoms with Crippen LogP contribution in [0.2, 0.25) is 0 Å². The minimum absolute atomic E-state index is 0.0708. The number of hydrogen-bond donors (Lipinski definition) is 2. The van der Waals surface area contributed by atoms with Gasteiger partial charge in [-0.1, -0.05) is 12.1 Å². The lowest BCUT2D eigenvalue weighted by Crippen LogP contribution is -2.31. The molecule has 110 valence electrons. The van der Waals surface area contributed by atoms with E-state index in [0.717, 1.165) is 5.56 Å². The standard InChI is InChI=1S/C15H20O5/c1-15(2,14(18)19)12(7-8-13(16)17)10-5-4-6-11(9-10)20-3/h4-6,9,12H,7-8H2,1-3H3,(H,16,17)(H,18,19)/t12-/m0/s1. The molecule has 0 spiro atoms. The van der Waals surface area contributed by atoms with Crippen molar-refractivity contribution in [2.24, 2.45) is 5.41 Å². The molecule has 0 saturated heterocycles. The normalized spacial score (nSPS) is 12.8. The summed E-state index contributed by atoms with van der Waals surface area (Å²) >= 11 is 0. The van der Waals surface area contributed by atoms with Crippen LogP contribution in [0.4, 0.5) is 0 Å². The quantitative estimate of drug-likeness (QED) is 0.802. The van der Waals surface area contributed by atoms with Gasteiger partial charge in [-0.3, -0.25) is 9.59 Å². The number of carboxylic acids is 2. The first-order valence-electron chi connectivity index (χ1n) is 6.38. The van der Waals surface area contributed by atoms with Gasteiger partial charge in [0.15, 0.2) is 0 Å². The lowest BCUT2D eigenvalue weighted by Gasteiger charge is -2.30. The van der Waals surface area contributed by atoms with Crippen LogP contribution in [0.25, 0.3) is 0 Å². The van der Waals surface area contributed by atoms with E-state index in [1.54, 1.807) is 38.1 Å². The molecule has 0 bridgehead atoms. The fraction of sp³-hybridized carbons (Fsp3) is 0.467. The van der Waals surface area contributed by atoms with Crippen molar-refractivity contribution in [2.75, 3.05) is 7.11 Å². The third-order valence-corrected chi connectivity index (χ3v) is 3.57. The molecule has 1 aromatic rings. The number of carboxylic acid groups (broad SMARTS) is 2. The van der Waals surface area contributed by atoms with E-state index < -0.39 is 23.3 Å². The summed E-state index contributed by atoms with van der Waals surface area (Å²) in [7, 11) is 1.54. The highest BCUT2D eigenvalue weighted by Crippen LogP contribution is 2.40. The Kier molecular flexibility index (Phi) is 5.13. The van der Waals surface area contributed by atoms with Crippen LogP contribution in [0.3, 0.4) is 0 Å². The molecule has 1 aromatic carbocycles. The highest BCUT2D eigenvalue weighted by atomic mass is 16.5. The summed E-state index contributed by atoms with van der Waals surface area (Å²) in [6, 6.07) is 7.11. The minimum Gasteiger partial charge on any atom is -0.497 e. The molecular formula is C15H20O5. The number of aliphatic carboxylic acids is 2. The molecule has 0 aliphatic rings. The molecule has 0 amide bonds.